The minimum atomic E-state index is -0.409. The zero-order valence-corrected chi connectivity index (χ0v) is 15.8. The van der Waals surface area contributed by atoms with Crippen LogP contribution in [0.1, 0.15) is 35.1 Å². The molecule has 0 N–H and O–H groups in total. The van der Waals surface area contributed by atoms with Crippen molar-refractivity contribution in [2.75, 3.05) is 26.8 Å². The molecule has 2 aromatic heterocycles. The number of hydrogen-bond donors (Lipinski definition) is 0. The van der Waals surface area contributed by atoms with Gasteiger partial charge in [-0.2, -0.15) is 0 Å². The van der Waals surface area contributed by atoms with Gasteiger partial charge < -0.3 is 14.2 Å². The number of imidazole rings is 1. The van der Waals surface area contributed by atoms with Gasteiger partial charge in [-0.05, 0) is 25.0 Å². The third kappa shape index (κ3) is 3.62. The molecule has 0 unspecified atom stereocenters. The number of rotatable bonds is 5. The fraction of sp³-hybridized carbons (Fsp3) is 0.381. The molecule has 0 spiro atoms. The lowest BCUT2D eigenvalue weighted by Crippen LogP contribution is -2.38. The number of halogens is 1. The number of methoxy groups -OCH3 is 1. The van der Waals surface area contributed by atoms with Crippen LogP contribution >= 0.6 is 0 Å². The third-order valence-corrected chi connectivity index (χ3v) is 5.32. The number of nitrogens with zero attached hydrogens (tertiary/aromatic N) is 4. The molecule has 146 valence electrons. The molecule has 1 aliphatic rings. The summed E-state index contributed by atoms with van der Waals surface area (Å²) in [7, 11) is 1.69. The Hall–Kier alpha value is -2.80. The first-order chi connectivity index (χ1) is 13.7. The Morgan fingerprint density at radius 1 is 1.25 bits per heavy atom. The number of carbonyl (C=O) groups excluding carboxylic acids is 1. The van der Waals surface area contributed by atoms with Crippen LogP contribution in [-0.4, -0.2) is 52.1 Å². The molecule has 3 aromatic rings. The van der Waals surface area contributed by atoms with E-state index in [0.29, 0.717) is 31.0 Å². The van der Waals surface area contributed by atoms with E-state index in [4.69, 9.17) is 4.74 Å². The van der Waals surface area contributed by atoms with Gasteiger partial charge in [-0.1, -0.05) is 18.2 Å². The van der Waals surface area contributed by atoms with Crippen LogP contribution in [0.3, 0.4) is 0 Å². The Labute approximate surface area is 163 Å². The Morgan fingerprint density at radius 2 is 2.07 bits per heavy atom. The van der Waals surface area contributed by atoms with E-state index < -0.39 is 5.82 Å². The molecule has 3 heterocycles. The molecule has 7 heteroatoms. The van der Waals surface area contributed by atoms with Crippen molar-refractivity contribution in [3.63, 3.8) is 0 Å². The summed E-state index contributed by atoms with van der Waals surface area (Å²) in [6, 6.07) is 8.21. The van der Waals surface area contributed by atoms with Gasteiger partial charge in [-0.25, -0.2) is 14.4 Å². The van der Waals surface area contributed by atoms with E-state index in [1.54, 1.807) is 36.3 Å². The van der Waals surface area contributed by atoms with Crippen LogP contribution in [0.4, 0.5) is 4.39 Å². The van der Waals surface area contributed by atoms with Gasteiger partial charge in [-0.15, -0.1) is 0 Å². The second-order valence-electron chi connectivity index (χ2n) is 7.05. The fourth-order valence-corrected chi connectivity index (χ4v) is 3.79. The first-order valence-electron chi connectivity index (χ1n) is 9.52. The van der Waals surface area contributed by atoms with Gasteiger partial charge in [0.25, 0.3) is 5.91 Å². The highest BCUT2D eigenvalue weighted by Gasteiger charge is 2.27. The number of likely N-dealkylation sites (tertiary alicyclic amines) is 1. The molecule has 6 nitrogen and oxygen atoms in total. The van der Waals surface area contributed by atoms with Crippen LogP contribution in [0.25, 0.3) is 10.9 Å². The van der Waals surface area contributed by atoms with Gasteiger partial charge in [0, 0.05) is 50.4 Å². The van der Waals surface area contributed by atoms with Crippen molar-refractivity contribution in [3.05, 3.63) is 60.1 Å². The summed E-state index contributed by atoms with van der Waals surface area (Å²) in [5.41, 5.74) is 0.529. The number of hydrogen-bond acceptors (Lipinski definition) is 4. The number of amides is 1. The monoisotopic (exact) mass is 382 g/mol. The van der Waals surface area contributed by atoms with Gasteiger partial charge >= 0.3 is 0 Å². The lowest BCUT2D eigenvalue weighted by molar-refractivity contribution is 0.0704. The second kappa shape index (κ2) is 8.06. The van der Waals surface area contributed by atoms with Crippen LogP contribution in [0, 0.1) is 5.82 Å². The highest BCUT2D eigenvalue weighted by Crippen LogP contribution is 2.28. The molecular weight excluding hydrogens is 359 g/mol. The highest BCUT2D eigenvalue weighted by molar-refractivity contribution is 5.95. The van der Waals surface area contributed by atoms with Crippen molar-refractivity contribution in [3.8, 4) is 0 Å². The number of para-hydroxylation sites is 1. The fourth-order valence-electron chi connectivity index (χ4n) is 3.79. The van der Waals surface area contributed by atoms with E-state index in [1.807, 2.05) is 12.4 Å². The molecular formula is C21H23FN4O2. The quantitative estimate of drug-likeness (QED) is 0.680. The minimum absolute atomic E-state index is 0.147. The second-order valence-corrected chi connectivity index (χ2v) is 7.05. The first kappa shape index (κ1) is 18.6. The molecule has 0 radical (unpaired) electrons. The largest absolute Gasteiger partial charge is 0.383 e. The number of pyridine rings is 1. The standard InChI is InChI=1S/C21H23FN4O2/c1-28-14-13-25-12-9-23-20(25)16-7-10-26(11-8-16)21(27)18-6-5-15-3-2-4-17(22)19(15)24-18/h2-6,9,12,16H,7-8,10-11,13-14H2,1H3. The van der Waals surface area contributed by atoms with Crippen LogP contribution in [-0.2, 0) is 11.3 Å². The summed E-state index contributed by atoms with van der Waals surface area (Å²) in [6.45, 7) is 2.69. The molecule has 0 saturated carbocycles. The van der Waals surface area contributed by atoms with Gasteiger partial charge in [-0.3, -0.25) is 4.79 Å². The van der Waals surface area contributed by atoms with Crippen molar-refractivity contribution >= 4 is 16.8 Å². The maximum Gasteiger partial charge on any atom is 0.272 e. The number of benzene rings is 1. The molecule has 1 saturated heterocycles. The summed E-state index contributed by atoms with van der Waals surface area (Å²) in [5, 5.41) is 0.693. The first-order valence-corrected chi connectivity index (χ1v) is 9.52. The van der Waals surface area contributed by atoms with Crippen molar-refractivity contribution in [2.45, 2.75) is 25.3 Å². The summed E-state index contributed by atoms with van der Waals surface area (Å²) >= 11 is 0. The molecule has 1 aliphatic heterocycles. The van der Waals surface area contributed by atoms with E-state index in [2.05, 4.69) is 14.5 Å². The Bertz CT molecular complexity index is 979. The highest BCUT2D eigenvalue weighted by atomic mass is 19.1. The van der Waals surface area contributed by atoms with Crippen molar-refractivity contribution in [1.29, 1.82) is 0 Å². The molecule has 28 heavy (non-hydrogen) atoms. The van der Waals surface area contributed by atoms with Gasteiger partial charge in [0.05, 0.1) is 6.61 Å². The predicted octanol–water partition coefficient (Wildman–Crippen LogP) is 3.24. The summed E-state index contributed by atoms with van der Waals surface area (Å²) < 4.78 is 21.3. The van der Waals surface area contributed by atoms with Gasteiger partial charge in [0.1, 0.15) is 22.9 Å². The number of aromatic nitrogens is 3. The summed E-state index contributed by atoms with van der Waals surface area (Å²) in [4.78, 5) is 23.4. The zero-order valence-electron chi connectivity index (χ0n) is 15.8. The Kier molecular flexibility index (Phi) is 5.34. The molecule has 1 fully saturated rings. The minimum Gasteiger partial charge on any atom is -0.383 e. The van der Waals surface area contributed by atoms with E-state index in [-0.39, 0.29) is 17.1 Å². The number of ether oxygens (including phenoxy) is 1. The molecule has 0 atom stereocenters. The normalized spacial score (nSPS) is 15.3. The zero-order chi connectivity index (χ0) is 19.5. The molecule has 0 bridgehead atoms. The average Bonchev–Trinajstić information content (AvgIpc) is 3.20. The van der Waals surface area contributed by atoms with E-state index in [0.717, 1.165) is 25.2 Å². The van der Waals surface area contributed by atoms with Crippen molar-refractivity contribution in [1.82, 2.24) is 19.4 Å². The number of fused-ring (bicyclic) bond motifs is 1. The van der Waals surface area contributed by atoms with Crippen LogP contribution < -0.4 is 0 Å². The maximum atomic E-state index is 14.0. The maximum absolute atomic E-state index is 14.0. The van der Waals surface area contributed by atoms with Crippen LogP contribution in [0.5, 0.6) is 0 Å². The Morgan fingerprint density at radius 3 is 2.86 bits per heavy atom. The third-order valence-electron chi connectivity index (χ3n) is 5.32. The van der Waals surface area contributed by atoms with Crippen molar-refractivity contribution in [2.24, 2.45) is 0 Å². The van der Waals surface area contributed by atoms with E-state index >= 15 is 0 Å². The van der Waals surface area contributed by atoms with E-state index in [9.17, 15) is 9.18 Å². The average molecular weight is 382 g/mol. The molecule has 1 amide bonds. The lowest BCUT2D eigenvalue weighted by Gasteiger charge is -2.31. The van der Waals surface area contributed by atoms with Gasteiger partial charge in [0.2, 0.25) is 0 Å². The SMILES string of the molecule is COCCn1ccnc1C1CCN(C(=O)c2ccc3cccc(F)c3n2)CC1. The van der Waals surface area contributed by atoms with Crippen LogP contribution in [0.15, 0.2) is 42.7 Å². The molecule has 4 rings (SSSR count). The van der Waals surface area contributed by atoms with Crippen LogP contribution in [0.2, 0.25) is 0 Å². The topological polar surface area (TPSA) is 60.2 Å². The predicted molar refractivity (Wildman–Crippen MR) is 104 cm³/mol. The van der Waals surface area contributed by atoms with Crippen molar-refractivity contribution < 1.29 is 13.9 Å². The molecule has 0 aliphatic carbocycles. The lowest BCUT2D eigenvalue weighted by atomic mass is 9.95. The number of carbonyl (C=O) groups is 1. The van der Waals surface area contributed by atoms with E-state index in [1.165, 1.54) is 6.07 Å². The summed E-state index contributed by atoms with van der Waals surface area (Å²) in [6.07, 6.45) is 5.48. The Balaban J connectivity index is 1.44. The number of piperidine rings is 1. The van der Waals surface area contributed by atoms with Gasteiger partial charge in [0.15, 0.2) is 0 Å². The molecule has 1 aromatic carbocycles. The smallest absolute Gasteiger partial charge is 0.272 e. The summed E-state index contributed by atoms with van der Waals surface area (Å²) in [5.74, 6) is 0.813.